The van der Waals surface area contributed by atoms with Gasteiger partial charge in [0.2, 0.25) is 0 Å². The lowest BCUT2D eigenvalue weighted by Gasteiger charge is -1.98. The number of Topliss-reactive ketones (excluding diaryl/α,β-unsaturated/α-hetero) is 1. The summed E-state index contributed by atoms with van der Waals surface area (Å²) in [5.74, 6) is -1.12. The van der Waals surface area contributed by atoms with Crippen LogP contribution in [0.3, 0.4) is 0 Å². The topological polar surface area (TPSA) is 94.9 Å². The van der Waals surface area contributed by atoms with E-state index in [1.54, 1.807) is 30.4 Å². The molecular formula is C11H8N4O2. The van der Waals surface area contributed by atoms with E-state index >= 15 is 0 Å². The molecule has 0 spiro atoms. The highest BCUT2D eigenvalue weighted by atomic mass is 16.2. The van der Waals surface area contributed by atoms with Gasteiger partial charge in [0, 0.05) is 11.5 Å². The maximum atomic E-state index is 11.4. The Morgan fingerprint density at radius 3 is 3.00 bits per heavy atom. The number of ketones is 1. The highest BCUT2D eigenvalue weighted by molar-refractivity contribution is 6.51. The normalized spacial score (nSPS) is 13.4. The van der Waals surface area contributed by atoms with Crippen molar-refractivity contribution >= 4 is 23.5 Å². The highest BCUT2D eigenvalue weighted by Crippen LogP contribution is 2.24. The molecule has 0 unspecified atom stereocenters. The van der Waals surface area contributed by atoms with Crippen molar-refractivity contribution < 1.29 is 9.59 Å². The van der Waals surface area contributed by atoms with Gasteiger partial charge in [0.05, 0.1) is 11.3 Å². The Bertz CT molecular complexity index is 571. The number of hydrogen-bond donors (Lipinski definition) is 1. The van der Waals surface area contributed by atoms with E-state index in [0.717, 1.165) is 5.56 Å². The summed E-state index contributed by atoms with van der Waals surface area (Å²) in [6.45, 7) is 0.249. The summed E-state index contributed by atoms with van der Waals surface area (Å²) in [6.07, 6.45) is 3.40. The number of nitrogens with one attached hydrogen (secondary N) is 1. The first kappa shape index (κ1) is 10.9. The van der Waals surface area contributed by atoms with E-state index in [0.29, 0.717) is 11.3 Å². The molecule has 17 heavy (non-hydrogen) atoms. The Morgan fingerprint density at radius 1 is 1.41 bits per heavy atom. The lowest BCUT2D eigenvalue weighted by Crippen LogP contribution is -2.12. The largest absolute Gasteiger partial charge is 0.318 e. The first-order valence-corrected chi connectivity index (χ1v) is 4.89. The fourth-order valence-electron chi connectivity index (χ4n) is 1.54. The number of carbonyl (C=O) groups is 2. The first-order valence-electron chi connectivity index (χ1n) is 4.89. The number of nitrogens with zero attached hydrogens (tertiary/aromatic N) is 3. The molecule has 0 saturated carbocycles. The molecule has 0 aliphatic carbocycles. The van der Waals surface area contributed by atoms with Crippen LogP contribution in [0.1, 0.15) is 15.9 Å². The SMILES string of the molecule is [N-]=[N+]=NCC=Cc1ccc2c(c1)C(=O)C(=O)N2. The van der Waals surface area contributed by atoms with E-state index in [1.807, 2.05) is 0 Å². The second kappa shape index (κ2) is 4.51. The number of benzene rings is 1. The molecule has 0 atom stereocenters. The minimum atomic E-state index is -0.602. The van der Waals surface area contributed by atoms with Crippen LogP contribution in [0.15, 0.2) is 29.4 Å². The zero-order valence-electron chi connectivity index (χ0n) is 8.75. The Morgan fingerprint density at radius 2 is 2.24 bits per heavy atom. The van der Waals surface area contributed by atoms with Crippen LogP contribution in [0.5, 0.6) is 0 Å². The molecule has 6 heteroatoms. The molecular weight excluding hydrogens is 220 g/mol. The third kappa shape index (κ3) is 2.16. The summed E-state index contributed by atoms with van der Waals surface area (Å²) < 4.78 is 0. The Hall–Kier alpha value is -2.59. The van der Waals surface area contributed by atoms with Gasteiger partial charge in [-0.3, -0.25) is 9.59 Å². The van der Waals surface area contributed by atoms with Crippen LogP contribution < -0.4 is 5.32 Å². The molecule has 0 aromatic heterocycles. The van der Waals surface area contributed by atoms with Gasteiger partial charge < -0.3 is 5.32 Å². The smallest absolute Gasteiger partial charge is 0.296 e. The molecule has 1 aliphatic heterocycles. The van der Waals surface area contributed by atoms with Crippen molar-refractivity contribution in [2.45, 2.75) is 0 Å². The summed E-state index contributed by atoms with van der Waals surface area (Å²) in [6, 6.07) is 5.07. The number of anilines is 1. The van der Waals surface area contributed by atoms with Crippen molar-refractivity contribution in [2.75, 3.05) is 11.9 Å². The fourth-order valence-corrected chi connectivity index (χ4v) is 1.54. The van der Waals surface area contributed by atoms with Gasteiger partial charge in [0.25, 0.3) is 11.7 Å². The summed E-state index contributed by atoms with van der Waals surface area (Å²) in [5.41, 5.74) is 9.78. The second-order valence-corrected chi connectivity index (χ2v) is 3.40. The second-order valence-electron chi connectivity index (χ2n) is 3.40. The van der Waals surface area contributed by atoms with Gasteiger partial charge in [-0.05, 0) is 23.2 Å². The minimum Gasteiger partial charge on any atom is -0.318 e. The van der Waals surface area contributed by atoms with Crippen LogP contribution in [0, 0.1) is 0 Å². The molecule has 1 aromatic rings. The third-order valence-corrected chi connectivity index (χ3v) is 2.30. The fraction of sp³-hybridized carbons (Fsp3) is 0.0909. The van der Waals surface area contributed by atoms with Crippen molar-refractivity contribution in [3.63, 3.8) is 0 Å². The van der Waals surface area contributed by atoms with Crippen molar-refractivity contribution in [1.29, 1.82) is 0 Å². The van der Waals surface area contributed by atoms with Gasteiger partial charge in [-0.15, -0.1) is 0 Å². The maximum absolute atomic E-state index is 11.4. The summed E-state index contributed by atoms with van der Waals surface area (Å²) in [7, 11) is 0. The molecule has 1 aliphatic rings. The molecule has 1 amide bonds. The van der Waals surface area contributed by atoms with Gasteiger partial charge in [-0.1, -0.05) is 23.3 Å². The molecule has 6 nitrogen and oxygen atoms in total. The van der Waals surface area contributed by atoms with Crippen LogP contribution in [0.2, 0.25) is 0 Å². The molecule has 1 N–H and O–H groups in total. The molecule has 1 heterocycles. The van der Waals surface area contributed by atoms with E-state index < -0.39 is 11.7 Å². The van der Waals surface area contributed by atoms with Gasteiger partial charge in [-0.2, -0.15) is 0 Å². The number of carbonyl (C=O) groups excluding carboxylic acids is 2. The van der Waals surface area contributed by atoms with E-state index in [4.69, 9.17) is 5.53 Å². The van der Waals surface area contributed by atoms with Crippen LogP contribution in [-0.4, -0.2) is 18.2 Å². The van der Waals surface area contributed by atoms with Crippen LogP contribution in [-0.2, 0) is 4.79 Å². The number of amides is 1. The Balaban J connectivity index is 2.23. The number of fused-ring (bicyclic) bond motifs is 1. The summed E-state index contributed by atoms with van der Waals surface area (Å²) in [4.78, 5) is 25.1. The summed E-state index contributed by atoms with van der Waals surface area (Å²) >= 11 is 0. The predicted octanol–water partition coefficient (Wildman–Crippen LogP) is 2.14. The maximum Gasteiger partial charge on any atom is 0.296 e. The lowest BCUT2D eigenvalue weighted by molar-refractivity contribution is -0.112. The Kier molecular flexibility index (Phi) is 2.89. The first-order chi connectivity index (χ1) is 8.22. The van der Waals surface area contributed by atoms with E-state index in [9.17, 15) is 9.59 Å². The standard InChI is InChI=1S/C11H8N4O2/c12-15-13-5-1-2-7-3-4-9-8(6-7)10(16)11(17)14-9/h1-4,6H,5H2,(H,14,16,17). The van der Waals surface area contributed by atoms with Crippen molar-refractivity contribution in [2.24, 2.45) is 5.11 Å². The summed E-state index contributed by atoms with van der Waals surface area (Å²) in [5, 5.41) is 5.82. The molecule has 0 fully saturated rings. The number of hydrogen-bond acceptors (Lipinski definition) is 3. The molecule has 1 aromatic carbocycles. The Labute approximate surface area is 96.6 Å². The molecule has 84 valence electrons. The predicted molar refractivity (Wildman–Crippen MR) is 62.4 cm³/mol. The number of rotatable bonds is 3. The lowest BCUT2D eigenvalue weighted by atomic mass is 10.1. The monoisotopic (exact) mass is 228 g/mol. The van der Waals surface area contributed by atoms with Crippen LogP contribution >= 0.6 is 0 Å². The van der Waals surface area contributed by atoms with Gasteiger partial charge in [0.1, 0.15) is 0 Å². The van der Waals surface area contributed by atoms with Gasteiger partial charge in [-0.25, -0.2) is 0 Å². The molecule has 0 saturated heterocycles. The minimum absolute atomic E-state index is 0.249. The molecule has 0 bridgehead atoms. The average Bonchev–Trinajstić information content (AvgIpc) is 2.61. The zero-order chi connectivity index (χ0) is 12.3. The third-order valence-electron chi connectivity index (χ3n) is 2.30. The zero-order valence-corrected chi connectivity index (χ0v) is 8.75. The van der Waals surface area contributed by atoms with Crippen LogP contribution in [0.25, 0.3) is 16.5 Å². The van der Waals surface area contributed by atoms with E-state index in [2.05, 4.69) is 15.3 Å². The van der Waals surface area contributed by atoms with Gasteiger partial charge >= 0.3 is 0 Å². The molecule has 0 radical (unpaired) electrons. The van der Waals surface area contributed by atoms with Crippen molar-refractivity contribution in [3.8, 4) is 0 Å². The number of azide groups is 1. The van der Waals surface area contributed by atoms with Crippen molar-refractivity contribution in [3.05, 3.63) is 45.8 Å². The quantitative estimate of drug-likeness (QED) is 0.371. The molecule has 2 rings (SSSR count). The van der Waals surface area contributed by atoms with E-state index in [-0.39, 0.29) is 6.54 Å². The van der Waals surface area contributed by atoms with Crippen LogP contribution in [0.4, 0.5) is 5.69 Å². The van der Waals surface area contributed by atoms with E-state index in [1.165, 1.54) is 0 Å². The van der Waals surface area contributed by atoms with Crippen molar-refractivity contribution in [1.82, 2.24) is 0 Å². The highest BCUT2D eigenvalue weighted by Gasteiger charge is 2.27. The van der Waals surface area contributed by atoms with Gasteiger partial charge in [0.15, 0.2) is 0 Å². The average molecular weight is 228 g/mol.